The summed E-state index contributed by atoms with van der Waals surface area (Å²) in [6.45, 7) is 10.4. The number of carbonyl (C=O) groups excluding carboxylic acids is 3. The van der Waals surface area contributed by atoms with Crippen LogP contribution in [0.5, 0.6) is 0 Å². The van der Waals surface area contributed by atoms with Gasteiger partial charge in [-0.1, -0.05) is 55.0 Å². The monoisotopic (exact) mass is 796 g/mol. The molecule has 1 aliphatic heterocycles. The molecule has 0 spiro atoms. The third-order valence-corrected chi connectivity index (χ3v) is 10.9. The molecule has 0 radical (unpaired) electrons. The van der Waals surface area contributed by atoms with Gasteiger partial charge in [0.2, 0.25) is 5.91 Å². The van der Waals surface area contributed by atoms with Gasteiger partial charge in [-0.15, -0.1) is 0 Å². The van der Waals surface area contributed by atoms with E-state index in [9.17, 15) is 24.3 Å². The number of ether oxygens (including phenoxy) is 1. The Morgan fingerprint density at radius 1 is 0.759 bits per heavy atom. The fraction of sp³-hybridized carbons (Fsp3) is 0.522. The minimum absolute atomic E-state index is 0.0249. The number of benzene rings is 3. The highest BCUT2D eigenvalue weighted by molar-refractivity contribution is 5.95. The third kappa shape index (κ3) is 13.2. The molecule has 4 amide bonds. The van der Waals surface area contributed by atoms with E-state index < -0.39 is 11.7 Å². The van der Waals surface area contributed by atoms with Crippen molar-refractivity contribution in [2.45, 2.75) is 96.2 Å². The molecule has 2 fully saturated rings. The van der Waals surface area contributed by atoms with Gasteiger partial charge in [-0.2, -0.15) is 0 Å². The van der Waals surface area contributed by atoms with Gasteiger partial charge in [0.05, 0.1) is 5.69 Å². The molecular formula is C46H64N6O6. The zero-order chi connectivity index (χ0) is 41.7. The number of likely N-dealkylation sites (N-methyl/N-ethyl adjacent to an activating group) is 1. The molecule has 1 saturated carbocycles. The quantitative estimate of drug-likeness (QED) is 0.116. The standard InChI is InChI=1S/C46H64N6O6/c1-46(2,3)58-45(57)49(5)29-14-30-51(38-24-25-38)43(54)36-20-22-37(23-21-36)47-28-13-7-10-19-42(53)48(4)33-34-50-31-26-39(27-32-50)52(44(55)56)41-18-12-11-17-40(41)35-15-8-6-9-16-35/h6,8-9,11-12,15-18,20-23,38-39,47H,7,10,13-14,19,24-34H2,1-5H3,(H,55,56). The van der Waals surface area contributed by atoms with Crippen LogP contribution in [0.3, 0.4) is 0 Å². The van der Waals surface area contributed by atoms with E-state index in [1.165, 1.54) is 0 Å². The van der Waals surface area contributed by atoms with Gasteiger partial charge in [-0.05, 0) is 102 Å². The van der Waals surface area contributed by atoms with E-state index >= 15 is 0 Å². The summed E-state index contributed by atoms with van der Waals surface area (Å²) in [4.78, 5) is 60.3. The largest absolute Gasteiger partial charge is 0.465 e. The number of hydrogen-bond acceptors (Lipinski definition) is 7. The molecule has 3 aromatic rings. The fourth-order valence-electron chi connectivity index (χ4n) is 7.46. The Morgan fingerprint density at radius 3 is 2.09 bits per heavy atom. The topological polar surface area (TPSA) is 126 Å². The predicted molar refractivity (Wildman–Crippen MR) is 230 cm³/mol. The molecule has 2 N–H and O–H groups in total. The number of hydrogen-bond donors (Lipinski definition) is 2. The number of carboxylic acid groups (broad SMARTS) is 1. The van der Waals surface area contributed by atoms with Crippen LogP contribution in [0.2, 0.25) is 0 Å². The molecular weight excluding hydrogens is 733 g/mol. The van der Waals surface area contributed by atoms with Crippen LogP contribution in [0, 0.1) is 0 Å². The van der Waals surface area contributed by atoms with Crippen LogP contribution in [0.4, 0.5) is 21.0 Å². The molecule has 12 heteroatoms. The van der Waals surface area contributed by atoms with Gasteiger partial charge in [0, 0.05) is 95.2 Å². The summed E-state index contributed by atoms with van der Waals surface area (Å²) in [5.74, 6) is 0.171. The molecule has 2 aliphatic rings. The van der Waals surface area contributed by atoms with Gasteiger partial charge in [-0.3, -0.25) is 14.5 Å². The molecule has 1 aliphatic carbocycles. The van der Waals surface area contributed by atoms with E-state index in [0.29, 0.717) is 38.0 Å². The normalized spacial score (nSPS) is 14.7. The third-order valence-electron chi connectivity index (χ3n) is 10.9. The van der Waals surface area contributed by atoms with Crippen LogP contribution in [0.25, 0.3) is 11.1 Å². The Labute approximate surface area is 345 Å². The number of anilines is 2. The second-order valence-electron chi connectivity index (χ2n) is 16.7. The van der Waals surface area contributed by atoms with Gasteiger partial charge >= 0.3 is 12.2 Å². The highest BCUT2D eigenvalue weighted by Gasteiger charge is 2.33. The zero-order valence-electron chi connectivity index (χ0n) is 35.2. The Bertz CT molecular complexity index is 1790. The molecule has 0 aromatic heterocycles. The lowest BCUT2D eigenvalue weighted by molar-refractivity contribution is -0.130. The average molecular weight is 797 g/mol. The van der Waals surface area contributed by atoms with Gasteiger partial charge in [-0.25, -0.2) is 9.59 Å². The van der Waals surface area contributed by atoms with Crippen molar-refractivity contribution in [1.29, 1.82) is 0 Å². The first-order chi connectivity index (χ1) is 27.8. The van der Waals surface area contributed by atoms with E-state index in [0.717, 1.165) is 93.6 Å². The number of nitrogens with one attached hydrogen (secondary N) is 1. The van der Waals surface area contributed by atoms with E-state index in [1.54, 1.807) is 16.8 Å². The SMILES string of the molecule is CN(CCN1CCC(N(C(=O)O)c2ccccc2-c2ccccc2)CC1)C(=O)CCCCCNc1ccc(C(=O)N(CCCN(C)C(=O)OC(C)(C)C)C2CC2)cc1. The number of carbonyl (C=O) groups is 4. The number of amides is 4. The lowest BCUT2D eigenvalue weighted by Crippen LogP contribution is -2.48. The molecule has 314 valence electrons. The van der Waals surface area contributed by atoms with Crippen molar-refractivity contribution in [1.82, 2.24) is 19.6 Å². The molecule has 0 bridgehead atoms. The second kappa shape index (κ2) is 21.1. The summed E-state index contributed by atoms with van der Waals surface area (Å²) in [7, 11) is 3.59. The summed E-state index contributed by atoms with van der Waals surface area (Å²) < 4.78 is 5.44. The van der Waals surface area contributed by atoms with E-state index in [1.807, 2.05) is 116 Å². The van der Waals surface area contributed by atoms with Crippen LogP contribution in [-0.4, -0.2) is 126 Å². The Hall–Kier alpha value is -5.10. The van der Waals surface area contributed by atoms with Crippen LogP contribution >= 0.6 is 0 Å². The minimum Gasteiger partial charge on any atom is -0.465 e. The number of unbranched alkanes of at least 4 members (excludes halogenated alkanes) is 2. The number of likely N-dealkylation sites (tertiary alicyclic amines) is 1. The molecule has 12 nitrogen and oxygen atoms in total. The maximum absolute atomic E-state index is 13.4. The zero-order valence-corrected chi connectivity index (χ0v) is 35.2. The number of nitrogens with zero attached hydrogens (tertiary/aromatic N) is 5. The van der Waals surface area contributed by atoms with Crippen molar-refractivity contribution in [2.75, 3.05) is 70.1 Å². The number of para-hydroxylation sites is 1. The number of piperidine rings is 1. The second-order valence-corrected chi connectivity index (χ2v) is 16.7. The van der Waals surface area contributed by atoms with Crippen LogP contribution in [0.1, 0.15) is 88.9 Å². The molecule has 5 rings (SSSR count). The van der Waals surface area contributed by atoms with Crippen molar-refractivity contribution in [3.63, 3.8) is 0 Å². The van der Waals surface area contributed by atoms with Crippen molar-refractivity contribution in [3.8, 4) is 11.1 Å². The first kappa shape index (κ1) is 44.0. The maximum Gasteiger partial charge on any atom is 0.412 e. The molecule has 0 atom stereocenters. The van der Waals surface area contributed by atoms with Crippen LogP contribution in [-0.2, 0) is 9.53 Å². The van der Waals surface area contributed by atoms with Crippen molar-refractivity contribution >= 4 is 35.4 Å². The van der Waals surface area contributed by atoms with Gasteiger partial charge in [0.15, 0.2) is 0 Å². The smallest absolute Gasteiger partial charge is 0.412 e. The highest BCUT2D eigenvalue weighted by Crippen LogP contribution is 2.34. The minimum atomic E-state index is -0.933. The summed E-state index contributed by atoms with van der Waals surface area (Å²) in [5, 5.41) is 13.7. The lowest BCUT2D eigenvalue weighted by Gasteiger charge is -2.38. The molecule has 0 unspecified atom stereocenters. The first-order valence-electron chi connectivity index (χ1n) is 21.0. The Balaban J connectivity index is 0.952. The maximum atomic E-state index is 13.4. The summed E-state index contributed by atoms with van der Waals surface area (Å²) in [6, 6.07) is 25.4. The Morgan fingerprint density at radius 2 is 1.43 bits per heavy atom. The van der Waals surface area contributed by atoms with E-state index in [4.69, 9.17) is 4.74 Å². The average Bonchev–Trinajstić information content (AvgIpc) is 4.06. The van der Waals surface area contributed by atoms with Crippen molar-refractivity contribution in [3.05, 3.63) is 84.4 Å². The molecule has 3 aromatic carbocycles. The summed E-state index contributed by atoms with van der Waals surface area (Å²) >= 11 is 0. The van der Waals surface area contributed by atoms with Gasteiger partial charge < -0.3 is 34.8 Å². The molecule has 1 saturated heterocycles. The highest BCUT2D eigenvalue weighted by atomic mass is 16.6. The molecule has 1 heterocycles. The number of rotatable bonds is 19. The van der Waals surface area contributed by atoms with Crippen molar-refractivity contribution in [2.24, 2.45) is 0 Å². The van der Waals surface area contributed by atoms with Crippen LogP contribution in [0.15, 0.2) is 78.9 Å². The fourth-order valence-corrected chi connectivity index (χ4v) is 7.46. The molecule has 58 heavy (non-hydrogen) atoms. The van der Waals surface area contributed by atoms with Crippen molar-refractivity contribution < 1.29 is 29.0 Å². The van der Waals surface area contributed by atoms with E-state index in [-0.39, 0.29) is 30.0 Å². The van der Waals surface area contributed by atoms with E-state index in [2.05, 4.69) is 10.2 Å². The van der Waals surface area contributed by atoms with Crippen LogP contribution < -0.4 is 10.2 Å². The first-order valence-corrected chi connectivity index (χ1v) is 21.0. The summed E-state index contributed by atoms with van der Waals surface area (Å²) in [6.07, 6.45) is 6.09. The van der Waals surface area contributed by atoms with Gasteiger partial charge in [0.25, 0.3) is 5.91 Å². The van der Waals surface area contributed by atoms with Gasteiger partial charge in [0.1, 0.15) is 5.60 Å². The predicted octanol–water partition coefficient (Wildman–Crippen LogP) is 8.29. The lowest BCUT2D eigenvalue weighted by atomic mass is 9.98. The Kier molecular flexibility index (Phi) is 16.0. The summed E-state index contributed by atoms with van der Waals surface area (Å²) in [5.41, 5.74) is 3.71.